The molecule has 150 valence electrons. The van der Waals surface area contributed by atoms with Gasteiger partial charge in [0.15, 0.2) is 0 Å². The van der Waals surface area contributed by atoms with Crippen LogP contribution in [0, 0.1) is 0 Å². The SMILES string of the molecule is CC(C)c1cccc(O[C@@H]2CN(C(=O)c3nnc4n3CCCC4)CC[C@H]2O)c1. The maximum absolute atomic E-state index is 13.0. The van der Waals surface area contributed by atoms with Gasteiger partial charge in [-0.05, 0) is 42.9 Å². The molecule has 3 heterocycles. The number of aryl methyl sites for hydroxylation is 1. The normalized spacial score (nSPS) is 22.2. The molecule has 0 spiro atoms. The third-order valence-electron chi connectivity index (χ3n) is 5.67. The second kappa shape index (κ2) is 7.91. The molecule has 2 aromatic rings. The summed E-state index contributed by atoms with van der Waals surface area (Å²) in [6.45, 7) is 5.90. The zero-order valence-electron chi connectivity index (χ0n) is 16.5. The number of rotatable bonds is 4. The van der Waals surface area contributed by atoms with E-state index in [1.165, 1.54) is 5.56 Å². The molecule has 0 saturated carbocycles. The van der Waals surface area contributed by atoms with Crippen LogP contribution >= 0.6 is 0 Å². The Hall–Kier alpha value is -2.41. The number of aliphatic hydroxyl groups excluding tert-OH is 1. The van der Waals surface area contributed by atoms with Crippen molar-refractivity contribution in [1.82, 2.24) is 19.7 Å². The van der Waals surface area contributed by atoms with Crippen molar-refractivity contribution in [2.75, 3.05) is 13.1 Å². The summed E-state index contributed by atoms with van der Waals surface area (Å²) >= 11 is 0. The van der Waals surface area contributed by atoms with Gasteiger partial charge in [-0.3, -0.25) is 4.79 Å². The second-order valence-electron chi connectivity index (χ2n) is 8.04. The van der Waals surface area contributed by atoms with E-state index in [9.17, 15) is 9.90 Å². The van der Waals surface area contributed by atoms with E-state index >= 15 is 0 Å². The van der Waals surface area contributed by atoms with Crippen molar-refractivity contribution in [2.45, 2.75) is 64.2 Å². The molecule has 1 fully saturated rings. The first kappa shape index (κ1) is 18.9. The second-order valence-corrected chi connectivity index (χ2v) is 8.04. The molecule has 0 radical (unpaired) electrons. The van der Waals surface area contributed by atoms with Gasteiger partial charge in [-0.2, -0.15) is 0 Å². The van der Waals surface area contributed by atoms with E-state index in [4.69, 9.17) is 4.74 Å². The summed E-state index contributed by atoms with van der Waals surface area (Å²) in [5.41, 5.74) is 1.19. The van der Waals surface area contributed by atoms with E-state index < -0.39 is 12.2 Å². The van der Waals surface area contributed by atoms with Crippen molar-refractivity contribution >= 4 is 5.91 Å². The quantitative estimate of drug-likeness (QED) is 0.875. The molecule has 4 rings (SSSR count). The fourth-order valence-electron chi connectivity index (χ4n) is 3.93. The number of carbonyl (C=O) groups is 1. The number of ether oxygens (including phenoxy) is 1. The van der Waals surface area contributed by atoms with Crippen molar-refractivity contribution in [3.8, 4) is 5.75 Å². The van der Waals surface area contributed by atoms with Gasteiger partial charge in [0, 0.05) is 19.5 Å². The fourth-order valence-corrected chi connectivity index (χ4v) is 3.93. The molecule has 1 aromatic carbocycles. The highest BCUT2D eigenvalue weighted by Crippen LogP contribution is 2.24. The molecule has 1 aromatic heterocycles. The number of hydrogen-bond acceptors (Lipinski definition) is 5. The standard InChI is InChI=1S/C21H28N4O3/c1-14(2)15-6-5-7-16(12-15)28-18-13-24(11-9-17(18)26)21(27)20-23-22-19-8-3-4-10-25(19)20/h5-7,12,14,17-18,26H,3-4,8-11,13H2,1-2H3/t17-,18-/m1/s1. The maximum atomic E-state index is 13.0. The number of benzene rings is 1. The summed E-state index contributed by atoms with van der Waals surface area (Å²) < 4.78 is 8.03. The molecule has 2 atom stereocenters. The first-order valence-corrected chi connectivity index (χ1v) is 10.2. The maximum Gasteiger partial charge on any atom is 0.291 e. The number of aromatic nitrogens is 3. The summed E-state index contributed by atoms with van der Waals surface area (Å²) in [5.74, 6) is 2.30. The third-order valence-corrected chi connectivity index (χ3v) is 5.67. The molecule has 1 amide bonds. The molecular weight excluding hydrogens is 356 g/mol. The Morgan fingerprint density at radius 2 is 2.11 bits per heavy atom. The van der Waals surface area contributed by atoms with Crippen LogP contribution in [0.15, 0.2) is 24.3 Å². The molecule has 7 heteroatoms. The summed E-state index contributed by atoms with van der Waals surface area (Å²) in [4.78, 5) is 14.8. The predicted octanol–water partition coefficient (Wildman–Crippen LogP) is 2.39. The van der Waals surface area contributed by atoms with E-state index in [1.807, 2.05) is 22.8 Å². The van der Waals surface area contributed by atoms with Gasteiger partial charge >= 0.3 is 0 Å². The Labute approximate surface area is 165 Å². The van der Waals surface area contributed by atoms with Crippen LogP contribution in [0.1, 0.15) is 61.0 Å². The molecule has 1 N–H and O–H groups in total. The van der Waals surface area contributed by atoms with Gasteiger partial charge < -0.3 is 19.3 Å². The molecule has 0 aliphatic carbocycles. The Morgan fingerprint density at radius 3 is 2.93 bits per heavy atom. The fraction of sp³-hybridized carbons (Fsp3) is 0.571. The molecule has 2 aliphatic heterocycles. The number of fused-ring (bicyclic) bond motifs is 1. The van der Waals surface area contributed by atoms with Gasteiger partial charge in [-0.15, -0.1) is 10.2 Å². The lowest BCUT2D eigenvalue weighted by Crippen LogP contribution is -2.51. The number of aliphatic hydroxyl groups is 1. The smallest absolute Gasteiger partial charge is 0.291 e. The Bertz CT molecular complexity index is 848. The van der Waals surface area contributed by atoms with Gasteiger partial charge in [0.2, 0.25) is 5.82 Å². The molecular formula is C21H28N4O3. The number of amides is 1. The van der Waals surface area contributed by atoms with E-state index in [0.717, 1.165) is 37.4 Å². The highest BCUT2D eigenvalue weighted by molar-refractivity contribution is 5.91. The average molecular weight is 384 g/mol. The monoisotopic (exact) mass is 384 g/mol. The average Bonchev–Trinajstić information content (AvgIpc) is 3.13. The molecule has 0 bridgehead atoms. The zero-order chi connectivity index (χ0) is 19.7. The number of hydrogen-bond donors (Lipinski definition) is 1. The van der Waals surface area contributed by atoms with Crippen LogP contribution in [-0.4, -0.2) is 56.0 Å². The largest absolute Gasteiger partial charge is 0.486 e. The van der Waals surface area contributed by atoms with Crippen molar-refractivity contribution in [3.63, 3.8) is 0 Å². The Kier molecular flexibility index (Phi) is 5.35. The summed E-state index contributed by atoms with van der Waals surface area (Å²) in [5, 5.41) is 18.8. The Balaban J connectivity index is 1.48. The van der Waals surface area contributed by atoms with Gasteiger partial charge in [-0.25, -0.2) is 0 Å². The molecule has 7 nitrogen and oxygen atoms in total. The van der Waals surface area contributed by atoms with E-state index in [-0.39, 0.29) is 5.91 Å². The van der Waals surface area contributed by atoms with Gasteiger partial charge in [0.05, 0.1) is 12.6 Å². The van der Waals surface area contributed by atoms with E-state index in [2.05, 4.69) is 30.1 Å². The number of piperidine rings is 1. The van der Waals surface area contributed by atoms with Gasteiger partial charge in [0.1, 0.15) is 17.7 Å². The van der Waals surface area contributed by atoms with Crippen LogP contribution < -0.4 is 4.74 Å². The zero-order valence-corrected chi connectivity index (χ0v) is 16.5. The number of nitrogens with zero attached hydrogens (tertiary/aromatic N) is 4. The third kappa shape index (κ3) is 3.76. The van der Waals surface area contributed by atoms with Crippen LogP contribution in [0.25, 0.3) is 0 Å². The van der Waals surface area contributed by atoms with E-state index in [1.54, 1.807) is 4.90 Å². The molecule has 1 saturated heterocycles. The highest BCUT2D eigenvalue weighted by atomic mass is 16.5. The lowest BCUT2D eigenvalue weighted by atomic mass is 10.0. The van der Waals surface area contributed by atoms with Crippen molar-refractivity contribution < 1.29 is 14.6 Å². The van der Waals surface area contributed by atoms with Crippen molar-refractivity contribution in [1.29, 1.82) is 0 Å². The number of likely N-dealkylation sites (tertiary alicyclic amines) is 1. The van der Waals surface area contributed by atoms with Crippen LogP contribution in [0.4, 0.5) is 0 Å². The van der Waals surface area contributed by atoms with Crippen LogP contribution in [0.2, 0.25) is 0 Å². The first-order valence-electron chi connectivity index (χ1n) is 10.2. The minimum Gasteiger partial charge on any atom is -0.486 e. The minimum absolute atomic E-state index is 0.128. The van der Waals surface area contributed by atoms with Gasteiger partial charge in [-0.1, -0.05) is 26.0 Å². The molecule has 2 aliphatic rings. The van der Waals surface area contributed by atoms with E-state index in [0.29, 0.717) is 31.3 Å². The van der Waals surface area contributed by atoms with Gasteiger partial charge in [0.25, 0.3) is 5.91 Å². The predicted molar refractivity (Wildman–Crippen MR) is 104 cm³/mol. The topological polar surface area (TPSA) is 80.5 Å². The molecule has 0 unspecified atom stereocenters. The van der Waals surface area contributed by atoms with Crippen LogP contribution in [0.3, 0.4) is 0 Å². The van der Waals surface area contributed by atoms with Crippen molar-refractivity contribution in [3.05, 3.63) is 41.5 Å². The lowest BCUT2D eigenvalue weighted by Gasteiger charge is -2.36. The van der Waals surface area contributed by atoms with Crippen LogP contribution in [0.5, 0.6) is 5.75 Å². The summed E-state index contributed by atoms with van der Waals surface area (Å²) in [6, 6.07) is 7.94. The minimum atomic E-state index is -0.598. The Morgan fingerprint density at radius 1 is 1.25 bits per heavy atom. The first-order chi connectivity index (χ1) is 13.5. The summed E-state index contributed by atoms with van der Waals surface area (Å²) in [6.07, 6.45) is 2.44. The lowest BCUT2D eigenvalue weighted by molar-refractivity contribution is -0.0197. The summed E-state index contributed by atoms with van der Waals surface area (Å²) in [7, 11) is 0. The highest BCUT2D eigenvalue weighted by Gasteiger charge is 2.34. The van der Waals surface area contributed by atoms with Crippen molar-refractivity contribution in [2.24, 2.45) is 0 Å². The van der Waals surface area contributed by atoms with Crippen LogP contribution in [-0.2, 0) is 13.0 Å². The molecule has 28 heavy (non-hydrogen) atoms. The number of carbonyl (C=O) groups excluding carboxylic acids is 1.